The maximum Gasteiger partial charge on any atom is 0.250 e. The lowest BCUT2D eigenvalue weighted by atomic mass is 10.1. The molecular weight excluding hydrogens is 272 g/mol. The number of allylic oxidation sites excluding steroid dienone is 1. The van der Waals surface area contributed by atoms with Gasteiger partial charge in [0.15, 0.2) is 0 Å². The topological polar surface area (TPSA) is 93.2 Å². The van der Waals surface area contributed by atoms with E-state index in [1.54, 1.807) is 31.2 Å². The molecule has 0 aliphatic carbocycles. The number of rotatable bonds is 5. The molecule has 0 heterocycles. The van der Waals surface area contributed by atoms with E-state index in [-0.39, 0.29) is 6.04 Å². The van der Waals surface area contributed by atoms with E-state index in [1.165, 1.54) is 0 Å². The summed E-state index contributed by atoms with van der Waals surface area (Å²) in [5, 5.41) is 6.22. The molecule has 1 rings (SSSR count). The first-order valence-corrected chi connectivity index (χ1v) is 6.65. The molecule has 0 saturated heterocycles. The van der Waals surface area contributed by atoms with Crippen molar-refractivity contribution in [1.29, 1.82) is 0 Å². The minimum absolute atomic E-state index is 0.278. The van der Waals surface area contributed by atoms with Gasteiger partial charge >= 0.3 is 0 Å². The fourth-order valence-corrected chi connectivity index (χ4v) is 1.96. The number of hydrogen-bond acceptors (Lipinski definition) is 4. The summed E-state index contributed by atoms with van der Waals surface area (Å²) < 4.78 is 0. The molecule has 20 heavy (non-hydrogen) atoms. The van der Waals surface area contributed by atoms with E-state index >= 15 is 0 Å². The fraction of sp³-hybridized carbons (Fsp3) is 0.286. The molecule has 0 radical (unpaired) electrons. The van der Waals surface area contributed by atoms with Crippen LogP contribution < -0.4 is 22.1 Å². The second-order valence-electron chi connectivity index (χ2n) is 4.80. The van der Waals surface area contributed by atoms with Gasteiger partial charge in [-0.05, 0) is 45.0 Å². The Kier molecular flexibility index (Phi) is 5.52. The van der Waals surface area contributed by atoms with Gasteiger partial charge in [0.25, 0.3) is 5.91 Å². The van der Waals surface area contributed by atoms with E-state index in [4.69, 9.17) is 23.7 Å². The summed E-state index contributed by atoms with van der Waals surface area (Å²) in [4.78, 5) is 11.9. The van der Waals surface area contributed by atoms with E-state index < -0.39 is 5.91 Å². The number of primary amides is 1. The Morgan fingerprint density at radius 3 is 2.50 bits per heavy atom. The van der Waals surface area contributed by atoms with E-state index in [1.807, 2.05) is 13.8 Å². The summed E-state index contributed by atoms with van der Waals surface area (Å²) in [6, 6.07) is 5.54. The molecule has 0 atom stereocenters. The lowest BCUT2D eigenvalue weighted by Gasteiger charge is -2.14. The van der Waals surface area contributed by atoms with Gasteiger partial charge in [-0.25, -0.2) is 0 Å². The zero-order chi connectivity index (χ0) is 15.3. The Hall–Kier alpha value is -2.08. The number of benzene rings is 1. The van der Waals surface area contributed by atoms with Crippen molar-refractivity contribution in [3.8, 4) is 0 Å². The summed E-state index contributed by atoms with van der Waals surface area (Å²) in [5.74, 6) is -0.514. The van der Waals surface area contributed by atoms with Crippen LogP contribution in [0.1, 0.15) is 31.1 Å². The summed E-state index contributed by atoms with van der Waals surface area (Å²) >= 11 is 5.15. The minimum Gasteiger partial charge on any atom is -0.402 e. The largest absolute Gasteiger partial charge is 0.402 e. The van der Waals surface area contributed by atoms with Crippen molar-refractivity contribution in [1.82, 2.24) is 0 Å². The second kappa shape index (κ2) is 6.91. The van der Waals surface area contributed by atoms with Gasteiger partial charge in [-0.3, -0.25) is 4.79 Å². The molecule has 0 fully saturated rings. The van der Waals surface area contributed by atoms with Gasteiger partial charge in [0.1, 0.15) is 4.99 Å². The lowest BCUT2D eigenvalue weighted by Crippen LogP contribution is -2.17. The van der Waals surface area contributed by atoms with Crippen molar-refractivity contribution >= 4 is 34.5 Å². The summed E-state index contributed by atoms with van der Waals surface area (Å²) in [5.41, 5.74) is 13.3. The SMILES string of the molecule is CC(N)=CC(=S)Nc1cc(NC(C)C)ccc1C(N)=O. The summed E-state index contributed by atoms with van der Waals surface area (Å²) in [6.45, 7) is 5.79. The van der Waals surface area contributed by atoms with E-state index in [0.717, 1.165) is 5.69 Å². The Morgan fingerprint density at radius 1 is 1.35 bits per heavy atom. The predicted molar refractivity (Wildman–Crippen MR) is 87.9 cm³/mol. The fourth-order valence-electron chi connectivity index (χ4n) is 1.66. The number of carbonyl (C=O) groups excluding carboxylic acids is 1. The Morgan fingerprint density at radius 2 is 2.00 bits per heavy atom. The van der Waals surface area contributed by atoms with Crippen LogP contribution in [0.4, 0.5) is 11.4 Å². The third-order valence-electron chi connectivity index (χ3n) is 2.36. The molecule has 1 aromatic carbocycles. The van der Waals surface area contributed by atoms with Crippen LogP contribution in [-0.2, 0) is 0 Å². The van der Waals surface area contributed by atoms with Crippen LogP contribution in [0.25, 0.3) is 0 Å². The molecule has 0 saturated carbocycles. The van der Waals surface area contributed by atoms with E-state index in [0.29, 0.717) is 21.9 Å². The molecule has 0 spiro atoms. The molecule has 0 bridgehead atoms. The quantitative estimate of drug-likeness (QED) is 0.493. The highest BCUT2D eigenvalue weighted by molar-refractivity contribution is 7.81. The predicted octanol–water partition coefficient (Wildman–Crippen LogP) is 2.21. The van der Waals surface area contributed by atoms with Crippen molar-refractivity contribution in [3.63, 3.8) is 0 Å². The Labute approximate surface area is 124 Å². The third kappa shape index (κ3) is 4.89. The molecule has 0 aromatic heterocycles. The number of anilines is 2. The second-order valence-corrected chi connectivity index (χ2v) is 5.24. The van der Waals surface area contributed by atoms with E-state index in [2.05, 4.69) is 10.6 Å². The molecule has 6 heteroatoms. The first kappa shape index (κ1) is 16.0. The van der Waals surface area contributed by atoms with Crippen molar-refractivity contribution in [2.75, 3.05) is 10.6 Å². The van der Waals surface area contributed by atoms with Gasteiger partial charge in [0.2, 0.25) is 0 Å². The molecule has 6 N–H and O–H groups in total. The number of hydrogen-bond donors (Lipinski definition) is 4. The van der Waals surface area contributed by atoms with E-state index in [9.17, 15) is 4.79 Å². The van der Waals surface area contributed by atoms with Crippen molar-refractivity contribution < 1.29 is 4.79 Å². The van der Waals surface area contributed by atoms with Gasteiger partial charge < -0.3 is 22.1 Å². The van der Waals surface area contributed by atoms with Gasteiger partial charge in [-0.2, -0.15) is 0 Å². The summed E-state index contributed by atoms with van der Waals surface area (Å²) in [7, 11) is 0. The number of thiocarbonyl (C=S) groups is 1. The first-order chi connectivity index (χ1) is 9.29. The number of nitrogens with two attached hydrogens (primary N) is 2. The van der Waals surface area contributed by atoms with Gasteiger partial charge in [-0.1, -0.05) is 12.2 Å². The van der Waals surface area contributed by atoms with Gasteiger partial charge in [0.05, 0.1) is 11.3 Å². The number of nitrogens with one attached hydrogen (secondary N) is 2. The first-order valence-electron chi connectivity index (χ1n) is 6.24. The van der Waals surface area contributed by atoms with Crippen LogP contribution in [-0.4, -0.2) is 16.9 Å². The molecule has 108 valence electrons. The van der Waals surface area contributed by atoms with Crippen molar-refractivity contribution in [2.45, 2.75) is 26.8 Å². The third-order valence-corrected chi connectivity index (χ3v) is 2.58. The monoisotopic (exact) mass is 292 g/mol. The molecule has 0 aliphatic rings. The highest BCUT2D eigenvalue weighted by Crippen LogP contribution is 2.21. The average Bonchev–Trinajstić information content (AvgIpc) is 2.26. The van der Waals surface area contributed by atoms with Crippen LogP contribution in [0.15, 0.2) is 30.0 Å². The molecule has 0 unspecified atom stereocenters. The molecule has 1 aromatic rings. The standard InChI is InChI=1S/C14H20N4OS/c1-8(2)17-10-4-5-11(14(16)19)12(7-10)18-13(20)6-9(3)15/h4-8,17H,15H2,1-3H3,(H2,16,19)(H,18,20). The Bertz CT molecular complexity index is 548. The maximum atomic E-state index is 11.4. The van der Waals surface area contributed by atoms with Crippen LogP contribution in [0.2, 0.25) is 0 Å². The molecule has 1 amide bonds. The van der Waals surface area contributed by atoms with Crippen LogP contribution in [0.5, 0.6) is 0 Å². The van der Waals surface area contributed by atoms with Gasteiger partial charge in [0, 0.05) is 17.4 Å². The average molecular weight is 292 g/mol. The van der Waals surface area contributed by atoms with Crippen molar-refractivity contribution in [3.05, 3.63) is 35.5 Å². The lowest BCUT2D eigenvalue weighted by molar-refractivity contribution is 0.100. The maximum absolute atomic E-state index is 11.4. The minimum atomic E-state index is -0.514. The van der Waals surface area contributed by atoms with Crippen LogP contribution in [0.3, 0.4) is 0 Å². The van der Waals surface area contributed by atoms with Gasteiger partial charge in [-0.15, -0.1) is 0 Å². The normalized spacial score (nSPS) is 11.3. The molecule has 5 nitrogen and oxygen atoms in total. The number of amides is 1. The molecule has 0 aliphatic heterocycles. The number of carbonyl (C=O) groups is 1. The Balaban J connectivity index is 3.09. The zero-order valence-corrected chi connectivity index (χ0v) is 12.7. The van der Waals surface area contributed by atoms with Crippen molar-refractivity contribution in [2.24, 2.45) is 11.5 Å². The molecular formula is C14H20N4OS. The smallest absolute Gasteiger partial charge is 0.250 e. The van der Waals surface area contributed by atoms with Crippen LogP contribution >= 0.6 is 12.2 Å². The highest BCUT2D eigenvalue weighted by atomic mass is 32.1. The van der Waals surface area contributed by atoms with Crippen LogP contribution in [0, 0.1) is 0 Å². The highest BCUT2D eigenvalue weighted by Gasteiger charge is 2.10. The summed E-state index contributed by atoms with van der Waals surface area (Å²) in [6.07, 6.45) is 1.61. The zero-order valence-electron chi connectivity index (χ0n) is 11.9.